The lowest BCUT2D eigenvalue weighted by Crippen LogP contribution is -2.69. The molecule has 2 fully saturated rings. The highest BCUT2D eigenvalue weighted by molar-refractivity contribution is 5.93. The van der Waals surface area contributed by atoms with Gasteiger partial charge >= 0.3 is 0 Å². The predicted octanol–water partition coefficient (Wildman–Crippen LogP) is -0.440. The highest BCUT2D eigenvalue weighted by Gasteiger charge is 2.55. The van der Waals surface area contributed by atoms with E-state index in [-0.39, 0.29) is 24.1 Å². The minimum atomic E-state index is -0.159. The molecule has 1 amide bonds. The summed E-state index contributed by atoms with van der Waals surface area (Å²) in [6.45, 7) is 2.55. The monoisotopic (exact) mass is 265 g/mol. The third-order valence-corrected chi connectivity index (χ3v) is 4.18. The molecule has 3 rings (SSSR count). The van der Waals surface area contributed by atoms with Crippen molar-refractivity contribution in [3.8, 4) is 0 Å². The van der Waals surface area contributed by atoms with E-state index >= 15 is 0 Å². The van der Waals surface area contributed by atoms with Crippen molar-refractivity contribution in [2.45, 2.75) is 31.5 Å². The summed E-state index contributed by atoms with van der Waals surface area (Å²) in [6, 6.07) is 0.370. The highest BCUT2D eigenvalue weighted by Crippen LogP contribution is 2.41. The lowest BCUT2D eigenvalue weighted by atomic mass is 9.71. The maximum Gasteiger partial charge on any atom is 0.274 e. The molecule has 7 heteroatoms. The van der Waals surface area contributed by atoms with Gasteiger partial charge in [0.25, 0.3) is 5.91 Å². The van der Waals surface area contributed by atoms with Crippen LogP contribution in [0.15, 0.2) is 0 Å². The lowest BCUT2D eigenvalue weighted by molar-refractivity contribution is -0.0664. The quantitative estimate of drug-likeness (QED) is 0.774. The summed E-state index contributed by atoms with van der Waals surface area (Å²) in [7, 11) is 4.03. The maximum atomic E-state index is 12.2. The Hall–Kier alpha value is -1.47. The molecule has 1 aromatic heterocycles. The Bertz CT molecular complexity index is 486. The molecule has 4 atom stereocenters. The van der Waals surface area contributed by atoms with Gasteiger partial charge in [0.15, 0.2) is 5.69 Å². The number of likely N-dealkylation sites (N-methyl/N-ethyl adjacent to an activating group) is 1. The van der Waals surface area contributed by atoms with E-state index in [4.69, 9.17) is 4.74 Å². The summed E-state index contributed by atoms with van der Waals surface area (Å²) in [5.41, 5.74) is 0.998. The van der Waals surface area contributed by atoms with Crippen LogP contribution >= 0.6 is 0 Å². The molecule has 1 aliphatic heterocycles. The number of nitrogens with zero attached hydrogens (tertiary/aromatic N) is 3. The van der Waals surface area contributed by atoms with Crippen LogP contribution in [0, 0.1) is 12.8 Å². The van der Waals surface area contributed by atoms with Gasteiger partial charge in [-0.2, -0.15) is 15.4 Å². The number of hydrogen-bond acceptors (Lipinski definition) is 5. The third-order valence-electron chi connectivity index (χ3n) is 4.18. The second kappa shape index (κ2) is 4.57. The molecule has 104 valence electrons. The number of amides is 1. The summed E-state index contributed by atoms with van der Waals surface area (Å²) in [6.07, 6.45) is 1.26. The average molecular weight is 265 g/mol. The molecule has 0 bridgehead atoms. The molecular formula is C12H19N5O2. The standard InChI is InChI=1S/C12H19N5O2/c1-6-8(15-16-14-6)12(18)13-9-7-4-5-19-11(7)10(9)17(2)3/h7,9-11H,4-5H2,1-3H3,(H,13,18)(H,14,15,16). The first-order valence-corrected chi connectivity index (χ1v) is 6.56. The van der Waals surface area contributed by atoms with Crippen molar-refractivity contribution < 1.29 is 9.53 Å². The molecule has 19 heavy (non-hydrogen) atoms. The van der Waals surface area contributed by atoms with Gasteiger partial charge in [0, 0.05) is 12.5 Å². The van der Waals surface area contributed by atoms with Gasteiger partial charge in [-0.25, -0.2) is 0 Å². The maximum absolute atomic E-state index is 12.2. The van der Waals surface area contributed by atoms with Gasteiger partial charge in [-0.05, 0) is 27.4 Å². The van der Waals surface area contributed by atoms with Crippen molar-refractivity contribution in [1.82, 2.24) is 25.6 Å². The van der Waals surface area contributed by atoms with Crippen LogP contribution in [0.4, 0.5) is 0 Å². The van der Waals surface area contributed by atoms with Crippen molar-refractivity contribution in [2.24, 2.45) is 5.92 Å². The van der Waals surface area contributed by atoms with Gasteiger partial charge in [-0.15, -0.1) is 0 Å². The van der Waals surface area contributed by atoms with Crippen molar-refractivity contribution in [3.63, 3.8) is 0 Å². The van der Waals surface area contributed by atoms with Crippen molar-refractivity contribution >= 4 is 5.91 Å². The molecule has 1 saturated carbocycles. The molecule has 2 heterocycles. The molecular weight excluding hydrogens is 246 g/mol. The van der Waals surface area contributed by atoms with E-state index < -0.39 is 0 Å². The summed E-state index contributed by atoms with van der Waals surface area (Å²) in [5, 5.41) is 13.3. The van der Waals surface area contributed by atoms with Crippen LogP contribution in [-0.4, -0.2) is 65.1 Å². The van der Waals surface area contributed by atoms with Crippen LogP contribution in [-0.2, 0) is 4.74 Å². The van der Waals surface area contributed by atoms with E-state index in [0.29, 0.717) is 17.3 Å². The molecule has 1 saturated heterocycles. The van der Waals surface area contributed by atoms with Gasteiger partial charge in [0.2, 0.25) is 0 Å². The van der Waals surface area contributed by atoms with E-state index in [9.17, 15) is 4.79 Å². The number of fused-ring (bicyclic) bond motifs is 1. The lowest BCUT2D eigenvalue weighted by Gasteiger charge is -2.50. The number of nitrogens with one attached hydrogen (secondary N) is 2. The summed E-state index contributed by atoms with van der Waals surface area (Å²) >= 11 is 0. The molecule has 2 N–H and O–H groups in total. The minimum absolute atomic E-state index is 0.131. The van der Waals surface area contributed by atoms with Crippen LogP contribution in [0.3, 0.4) is 0 Å². The van der Waals surface area contributed by atoms with E-state index in [0.717, 1.165) is 13.0 Å². The molecule has 0 spiro atoms. The SMILES string of the molecule is Cc1n[nH]nc1C(=O)NC1C2CCOC2C1N(C)C. The second-order valence-electron chi connectivity index (χ2n) is 5.50. The molecule has 4 unspecified atom stereocenters. The first kappa shape index (κ1) is 12.6. The zero-order valence-corrected chi connectivity index (χ0v) is 11.4. The van der Waals surface area contributed by atoms with Gasteiger partial charge in [-0.3, -0.25) is 4.79 Å². The fourth-order valence-electron chi connectivity index (χ4n) is 3.20. The largest absolute Gasteiger partial charge is 0.376 e. The van der Waals surface area contributed by atoms with Crippen molar-refractivity contribution in [2.75, 3.05) is 20.7 Å². The molecule has 2 aliphatic rings. The Labute approximate surface area is 111 Å². The fraction of sp³-hybridized carbons (Fsp3) is 0.750. The van der Waals surface area contributed by atoms with Gasteiger partial charge in [0.05, 0.1) is 23.9 Å². The highest BCUT2D eigenvalue weighted by atomic mass is 16.5. The number of rotatable bonds is 3. The number of carbonyl (C=O) groups excluding carboxylic acids is 1. The number of carbonyl (C=O) groups is 1. The van der Waals surface area contributed by atoms with Gasteiger partial charge < -0.3 is 15.0 Å². The average Bonchev–Trinajstić information content (AvgIpc) is 2.92. The number of aryl methyl sites for hydroxylation is 1. The zero-order valence-electron chi connectivity index (χ0n) is 11.4. The van der Waals surface area contributed by atoms with E-state index in [1.807, 2.05) is 14.1 Å². The number of hydrogen-bond donors (Lipinski definition) is 2. The van der Waals surface area contributed by atoms with Gasteiger partial charge in [-0.1, -0.05) is 0 Å². The Balaban J connectivity index is 1.72. The first-order valence-electron chi connectivity index (χ1n) is 6.56. The number of aromatic nitrogens is 3. The Kier molecular flexibility index (Phi) is 3.02. The van der Waals surface area contributed by atoms with Crippen molar-refractivity contribution in [1.29, 1.82) is 0 Å². The van der Waals surface area contributed by atoms with Crippen LogP contribution in [0.25, 0.3) is 0 Å². The summed E-state index contributed by atoms with van der Waals surface area (Å²) in [5.74, 6) is 0.261. The molecule has 0 aromatic carbocycles. The summed E-state index contributed by atoms with van der Waals surface area (Å²) < 4.78 is 5.72. The smallest absolute Gasteiger partial charge is 0.274 e. The van der Waals surface area contributed by atoms with E-state index in [1.165, 1.54) is 0 Å². The molecule has 7 nitrogen and oxygen atoms in total. The first-order chi connectivity index (χ1) is 9.09. The van der Waals surface area contributed by atoms with E-state index in [1.54, 1.807) is 6.92 Å². The minimum Gasteiger partial charge on any atom is -0.376 e. The van der Waals surface area contributed by atoms with Crippen LogP contribution in [0.5, 0.6) is 0 Å². The Morgan fingerprint density at radius 3 is 2.89 bits per heavy atom. The molecule has 0 radical (unpaired) electrons. The fourth-order valence-corrected chi connectivity index (χ4v) is 3.20. The van der Waals surface area contributed by atoms with Gasteiger partial charge in [0.1, 0.15) is 0 Å². The predicted molar refractivity (Wildman–Crippen MR) is 67.7 cm³/mol. The third kappa shape index (κ3) is 1.93. The van der Waals surface area contributed by atoms with E-state index in [2.05, 4.69) is 25.6 Å². The number of ether oxygens (including phenoxy) is 1. The normalized spacial score (nSPS) is 33.1. The topological polar surface area (TPSA) is 83.1 Å². The molecule has 1 aromatic rings. The van der Waals surface area contributed by atoms with Crippen LogP contribution in [0.1, 0.15) is 22.6 Å². The number of aromatic amines is 1. The molecule has 1 aliphatic carbocycles. The zero-order chi connectivity index (χ0) is 13.6. The van der Waals surface area contributed by atoms with Crippen LogP contribution < -0.4 is 5.32 Å². The number of H-pyrrole nitrogens is 1. The second-order valence-corrected chi connectivity index (χ2v) is 5.50. The Morgan fingerprint density at radius 1 is 1.47 bits per heavy atom. The van der Waals surface area contributed by atoms with Crippen LogP contribution in [0.2, 0.25) is 0 Å². The summed E-state index contributed by atoms with van der Waals surface area (Å²) in [4.78, 5) is 14.3. The Morgan fingerprint density at radius 2 is 2.26 bits per heavy atom. The van der Waals surface area contributed by atoms with Crippen molar-refractivity contribution in [3.05, 3.63) is 11.4 Å².